The molecule has 0 unspecified atom stereocenters. The highest BCUT2D eigenvalue weighted by molar-refractivity contribution is 7.98. The molecule has 1 heterocycles. The lowest BCUT2D eigenvalue weighted by molar-refractivity contribution is 0.0939. The van der Waals surface area contributed by atoms with Gasteiger partial charge in [-0.15, -0.1) is 10.2 Å². The lowest BCUT2D eigenvalue weighted by atomic mass is 10.1. The Morgan fingerprint density at radius 1 is 0.971 bits per heavy atom. The summed E-state index contributed by atoms with van der Waals surface area (Å²) in [5.41, 5.74) is 3.66. The SMILES string of the molecule is CC[C@@H](C)NC(=O)c1ccc(CSc2nnc(Cc3ccccc3)n2-c2ccc(F)cc2)cc1. The molecule has 4 rings (SSSR count). The molecular weight excluding hydrogens is 447 g/mol. The van der Waals surface area contributed by atoms with Crippen LogP contribution in [-0.4, -0.2) is 26.7 Å². The first kappa shape index (κ1) is 23.7. The van der Waals surface area contributed by atoms with Crippen molar-refractivity contribution in [1.82, 2.24) is 20.1 Å². The summed E-state index contributed by atoms with van der Waals surface area (Å²) in [5, 5.41) is 12.6. The molecule has 1 atom stereocenters. The lowest BCUT2D eigenvalue weighted by Crippen LogP contribution is -2.31. The zero-order valence-electron chi connectivity index (χ0n) is 19.2. The van der Waals surface area contributed by atoms with Gasteiger partial charge < -0.3 is 5.32 Å². The molecule has 1 N–H and O–H groups in total. The molecule has 0 bridgehead atoms. The van der Waals surface area contributed by atoms with Crippen LogP contribution in [0, 0.1) is 5.82 Å². The number of thioether (sulfide) groups is 1. The van der Waals surface area contributed by atoms with Gasteiger partial charge in [0, 0.05) is 29.5 Å². The maximum atomic E-state index is 13.6. The summed E-state index contributed by atoms with van der Waals surface area (Å²) in [6.07, 6.45) is 1.51. The second kappa shape index (κ2) is 11.1. The van der Waals surface area contributed by atoms with Crippen LogP contribution in [0.15, 0.2) is 84.0 Å². The Kier molecular flexibility index (Phi) is 7.75. The first-order valence-corrected chi connectivity index (χ1v) is 12.3. The van der Waals surface area contributed by atoms with E-state index >= 15 is 0 Å². The third-order valence-corrected chi connectivity index (χ3v) is 6.56. The van der Waals surface area contributed by atoms with Gasteiger partial charge in [-0.3, -0.25) is 9.36 Å². The number of aromatic nitrogens is 3. The number of carbonyl (C=O) groups excluding carboxylic acids is 1. The number of benzene rings is 3. The van der Waals surface area contributed by atoms with Crippen molar-refractivity contribution in [3.05, 3.63) is 107 Å². The van der Waals surface area contributed by atoms with Gasteiger partial charge in [-0.05, 0) is 60.9 Å². The predicted molar refractivity (Wildman–Crippen MR) is 134 cm³/mol. The zero-order chi connectivity index (χ0) is 23.9. The topological polar surface area (TPSA) is 59.8 Å². The standard InChI is InChI=1S/C27H27FN4OS/c1-3-19(2)29-26(33)22-11-9-21(10-12-22)18-34-27-31-30-25(17-20-7-5-4-6-8-20)32(27)24-15-13-23(28)14-16-24/h4-16,19H,3,17-18H2,1-2H3,(H,29,33)/t19-/m1/s1. The molecule has 0 spiro atoms. The molecule has 7 heteroatoms. The number of nitrogens with zero attached hydrogens (tertiary/aromatic N) is 3. The highest BCUT2D eigenvalue weighted by Crippen LogP contribution is 2.26. The first-order valence-electron chi connectivity index (χ1n) is 11.3. The van der Waals surface area contributed by atoms with Gasteiger partial charge in [-0.2, -0.15) is 0 Å². The minimum absolute atomic E-state index is 0.0600. The summed E-state index contributed by atoms with van der Waals surface area (Å²) in [5.74, 6) is 1.11. The Morgan fingerprint density at radius 2 is 1.68 bits per heavy atom. The molecule has 0 aliphatic heterocycles. The zero-order valence-corrected chi connectivity index (χ0v) is 20.1. The van der Waals surface area contributed by atoms with Crippen molar-refractivity contribution in [2.24, 2.45) is 0 Å². The molecule has 4 aromatic rings. The summed E-state index contributed by atoms with van der Waals surface area (Å²) in [6.45, 7) is 4.04. The molecule has 0 saturated heterocycles. The van der Waals surface area contributed by atoms with Gasteiger partial charge in [0.1, 0.15) is 11.6 Å². The average molecular weight is 475 g/mol. The Bertz CT molecular complexity index is 1220. The molecule has 34 heavy (non-hydrogen) atoms. The number of amides is 1. The van der Waals surface area contributed by atoms with Crippen LogP contribution in [0.3, 0.4) is 0 Å². The molecule has 0 aliphatic rings. The number of carbonyl (C=O) groups is 1. The summed E-state index contributed by atoms with van der Waals surface area (Å²) in [6, 6.07) is 24.2. The smallest absolute Gasteiger partial charge is 0.251 e. The molecule has 3 aromatic carbocycles. The highest BCUT2D eigenvalue weighted by Gasteiger charge is 2.16. The second-order valence-corrected chi connectivity index (χ2v) is 9.08. The van der Waals surface area contributed by atoms with E-state index in [1.54, 1.807) is 23.9 Å². The molecular formula is C27H27FN4OS. The minimum Gasteiger partial charge on any atom is -0.350 e. The van der Waals surface area contributed by atoms with E-state index in [2.05, 4.69) is 27.6 Å². The first-order chi connectivity index (χ1) is 16.5. The van der Waals surface area contributed by atoms with Crippen molar-refractivity contribution in [2.75, 3.05) is 0 Å². The number of hydrogen-bond donors (Lipinski definition) is 1. The Hall–Kier alpha value is -3.45. The van der Waals surface area contributed by atoms with Crippen LogP contribution >= 0.6 is 11.8 Å². The lowest BCUT2D eigenvalue weighted by Gasteiger charge is -2.12. The van der Waals surface area contributed by atoms with Gasteiger partial charge in [-0.1, -0.05) is 61.2 Å². The van der Waals surface area contributed by atoms with Crippen molar-refractivity contribution in [2.45, 2.75) is 43.6 Å². The highest BCUT2D eigenvalue weighted by atomic mass is 32.2. The van der Waals surface area contributed by atoms with Gasteiger partial charge in [0.15, 0.2) is 5.16 Å². The normalized spacial score (nSPS) is 11.9. The van der Waals surface area contributed by atoms with Crippen molar-refractivity contribution in [3.8, 4) is 5.69 Å². The fraction of sp³-hybridized carbons (Fsp3) is 0.222. The summed E-state index contributed by atoms with van der Waals surface area (Å²) in [7, 11) is 0. The van der Waals surface area contributed by atoms with E-state index in [1.165, 1.54) is 12.1 Å². The minimum atomic E-state index is -0.284. The van der Waals surface area contributed by atoms with Crippen LogP contribution in [0.5, 0.6) is 0 Å². The van der Waals surface area contributed by atoms with Crippen molar-refractivity contribution < 1.29 is 9.18 Å². The third kappa shape index (κ3) is 5.91. The number of nitrogens with one attached hydrogen (secondary N) is 1. The van der Waals surface area contributed by atoms with Crippen LogP contribution in [0.1, 0.15) is 47.6 Å². The van der Waals surface area contributed by atoms with E-state index in [0.29, 0.717) is 17.7 Å². The summed E-state index contributed by atoms with van der Waals surface area (Å²) in [4.78, 5) is 12.3. The number of halogens is 1. The molecule has 1 aromatic heterocycles. The Morgan fingerprint density at radius 3 is 2.35 bits per heavy atom. The number of hydrogen-bond acceptors (Lipinski definition) is 4. The van der Waals surface area contributed by atoms with E-state index in [1.807, 2.05) is 60.9 Å². The molecule has 1 amide bonds. The molecule has 0 radical (unpaired) electrons. The van der Waals surface area contributed by atoms with Crippen LogP contribution in [0.4, 0.5) is 4.39 Å². The maximum absolute atomic E-state index is 13.6. The van der Waals surface area contributed by atoms with E-state index in [0.717, 1.165) is 34.2 Å². The average Bonchev–Trinajstić information content (AvgIpc) is 3.26. The van der Waals surface area contributed by atoms with Gasteiger partial charge in [0.05, 0.1) is 0 Å². The van der Waals surface area contributed by atoms with Crippen LogP contribution < -0.4 is 5.32 Å². The molecule has 0 fully saturated rings. The quantitative estimate of drug-likeness (QED) is 0.311. The Balaban J connectivity index is 1.52. The predicted octanol–water partition coefficient (Wildman–Crippen LogP) is 5.82. The Labute approximate surface area is 203 Å². The van der Waals surface area contributed by atoms with E-state index in [4.69, 9.17) is 0 Å². The second-order valence-electron chi connectivity index (χ2n) is 8.14. The van der Waals surface area contributed by atoms with Crippen LogP contribution in [0.2, 0.25) is 0 Å². The molecule has 0 aliphatic carbocycles. The summed E-state index contributed by atoms with van der Waals surface area (Å²) < 4.78 is 15.5. The van der Waals surface area contributed by atoms with Crippen molar-refractivity contribution in [1.29, 1.82) is 0 Å². The van der Waals surface area contributed by atoms with Crippen LogP contribution in [0.25, 0.3) is 5.69 Å². The van der Waals surface area contributed by atoms with E-state index in [9.17, 15) is 9.18 Å². The van der Waals surface area contributed by atoms with Crippen molar-refractivity contribution in [3.63, 3.8) is 0 Å². The van der Waals surface area contributed by atoms with Gasteiger partial charge in [-0.25, -0.2) is 4.39 Å². The van der Waals surface area contributed by atoms with Gasteiger partial charge in [0.2, 0.25) is 0 Å². The largest absolute Gasteiger partial charge is 0.350 e. The van der Waals surface area contributed by atoms with E-state index in [-0.39, 0.29) is 17.8 Å². The third-order valence-electron chi connectivity index (χ3n) is 5.56. The summed E-state index contributed by atoms with van der Waals surface area (Å²) >= 11 is 1.55. The molecule has 0 saturated carbocycles. The molecule has 174 valence electrons. The van der Waals surface area contributed by atoms with Crippen LogP contribution in [-0.2, 0) is 12.2 Å². The van der Waals surface area contributed by atoms with Crippen molar-refractivity contribution >= 4 is 17.7 Å². The van der Waals surface area contributed by atoms with E-state index < -0.39 is 0 Å². The fourth-order valence-electron chi connectivity index (χ4n) is 3.45. The van der Waals surface area contributed by atoms with Gasteiger partial charge in [0.25, 0.3) is 5.91 Å². The number of rotatable bonds is 9. The van der Waals surface area contributed by atoms with Gasteiger partial charge >= 0.3 is 0 Å². The monoisotopic (exact) mass is 474 g/mol. The molecule has 5 nitrogen and oxygen atoms in total. The fourth-order valence-corrected chi connectivity index (χ4v) is 4.37. The maximum Gasteiger partial charge on any atom is 0.251 e.